The molecule has 0 aliphatic carbocycles. The Bertz CT molecular complexity index is 567. The summed E-state index contributed by atoms with van der Waals surface area (Å²) in [5.41, 5.74) is 2.91. The van der Waals surface area contributed by atoms with Gasteiger partial charge in [0.15, 0.2) is 0 Å². The van der Waals surface area contributed by atoms with Crippen LogP contribution in [0.3, 0.4) is 0 Å². The van der Waals surface area contributed by atoms with Gasteiger partial charge in [-0.15, -0.1) is 0 Å². The Morgan fingerprint density at radius 1 is 1.10 bits per heavy atom. The summed E-state index contributed by atoms with van der Waals surface area (Å²) in [6, 6.07) is 14.0. The maximum Gasteiger partial charge on any atom is 0.126 e. The average Bonchev–Trinajstić information content (AvgIpc) is 2.52. The van der Waals surface area contributed by atoms with Gasteiger partial charge in [0.05, 0.1) is 5.56 Å². The van der Waals surface area contributed by atoms with Gasteiger partial charge in [0.1, 0.15) is 11.9 Å². The third-order valence-corrected chi connectivity index (χ3v) is 2.90. The molecule has 4 nitrogen and oxygen atoms in total. The van der Waals surface area contributed by atoms with Crippen LogP contribution in [0.15, 0.2) is 42.6 Å². The zero-order valence-corrected chi connectivity index (χ0v) is 11.6. The Kier molecular flexibility index (Phi) is 4.96. The van der Waals surface area contributed by atoms with Crippen molar-refractivity contribution in [2.75, 3.05) is 17.2 Å². The molecule has 1 aromatic heterocycles. The second-order valence-corrected chi connectivity index (χ2v) is 4.52. The largest absolute Gasteiger partial charge is 0.385 e. The van der Waals surface area contributed by atoms with Crippen molar-refractivity contribution in [1.29, 1.82) is 5.26 Å². The lowest BCUT2D eigenvalue weighted by Gasteiger charge is -2.08. The number of hydrogen-bond donors (Lipinski definition) is 2. The molecule has 0 radical (unpaired) electrons. The number of benzene rings is 1. The molecule has 4 heteroatoms. The first kappa shape index (κ1) is 13.9. The maximum atomic E-state index is 8.71. The highest BCUT2D eigenvalue weighted by atomic mass is 15.0. The molecule has 0 unspecified atom stereocenters. The summed E-state index contributed by atoms with van der Waals surface area (Å²) in [6.07, 6.45) is 2.69. The summed E-state index contributed by atoms with van der Waals surface area (Å²) in [6.45, 7) is 3.86. The van der Waals surface area contributed by atoms with Gasteiger partial charge >= 0.3 is 0 Å². The standard InChI is InChI=1S/C16H18N4/c1-2-9-18-15-6-3-13(4-7-15)11-19-16-8-5-14(10-17)12-20-16/h3-8,12,18H,2,9,11H2,1H3,(H,19,20). The van der Waals surface area contributed by atoms with Gasteiger partial charge in [-0.05, 0) is 36.2 Å². The quantitative estimate of drug-likeness (QED) is 0.841. The van der Waals surface area contributed by atoms with Crippen LogP contribution in [-0.4, -0.2) is 11.5 Å². The fraction of sp³-hybridized carbons (Fsp3) is 0.250. The van der Waals surface area contributed by atoms with Gasteiger partial charge in [0, 0.05) is 25.0 Å². The molecule has 20 heavy (non-hydrogen) atoms. The van der Waals surface area contributed by atoms with Crippen LogP contribution < -0.4 is 10.6 Å². The first-order valence-corrected chi connectivity index (χ1v) is 6.74. The van der Waals surface area contributed by atoms with E-state index in [0.29, 0.717) is 12.1 Å². The number of pyridine rings is 1. The van der Waals surface area contributed by atoms with E-state index in [1.54, 1.807) is 12.3 Å². The van der Waals surface area contributed by atoms with Gasteiger partial charge in [-0.3, -0.25) is 0 Å². The van der Waals surface area contributed by atoms with Crippen molar-refractivity contribution in [3.63, 3.8) is 0 Å². The van der Waals surface area contributed by atoms with Gasteiger partial charge in [0.25, 0.3) is 0 Å². The van der Waals surface area contributed by atoms with E-state index in [2.05, 4.69) is 52.9 Å². The Balaban J connectivity index is 1.88. The second kappa shape index (κ2) is 7.15. The van der Waals surface area contributed by atoms with E-state index in [0.717, 1.165) is 24.5 Å². The number of aromatic nitrogens is 1. The summed E-state index contributed by atoms with van der Waals surface area (Å²) >= 11 is 0. The van der Waals surface area contributed by atoms with E-state index in [-0.39, 0.29) is 0 Å². The molecule has 0 bridgehead atoms. The number of nitrogens with zero attached hydrogens (tertiary/aromatic N) is 2. The molecule has 0 atom stereocenters. The lowest BCUT2D eigenvalue weighted by atomic mass is 10.2. The van der Waals surface area contributed by atoms with E-state index in [9.17, 15) is 0 Å². The molecule has 2 rings (SSSR count). The molecule has 2 aromatic rings. The zero-order chi connectivity index (χ0) is 14.2. The first-order chi connectivity index (χ1) is 9.81. The molecule has 0 fully saturated rings. The molecule has 1 heterocycles. The predicted octanol–water partition coefficient (Wildman–Crippen LogP) is 3.39. The molecule has 0 saturated heterocycles. The number of anilines is 2. The van der Waals surface area contributed by atoms with E-state index in [1.165, 1.54) is 5.56 Å². The van der Waals surface area contributed by atoms with Crippen molar-refractivity contribution in [2.45, 2.75) is 19.9 Å². The normalized spacial score (nSPS) is 9.80. The highest BCUT2D eigenvalue weighted by Crippen LogP contribution is 2.11. The van der Waals surface area contributed by atoms with E-state index in [4.69, 9.17) is 5.26 Å². The molecule has 1 aromatic carbocycles. The molecular weight excluding hydrogens is 248 g/mol. The highest BCUT2D eigenvalue weighted by Gasteiger charge is 1.97. The van der Waals surface area contributed by atoms with Crippen molar-refractivity contribution in [1.82, 2.24) is 4.98 Å². The summed E-state index contributed by atoms with van der Waals surface area (Å²) in [5.74, 6) is 0.775. The fourth-order valence-electron chi connectivity index (χ4n) is 1.77. The van der Waals surface area contributed by atoms with Gasteiger partial charge in [-0.25, -0.2) is 4.98 Å². The third-order valence-electron chi connectivity index (χ3n) is 2.90. The molecule has 2 N–H and O–H groups in total. The SMILES string of the molecule is CCCNc1ccc(CNc2ccc(C#N)cn2)cc1. The Hall–Kier alpha value is -2.54. The Labute approximate surface area is 119 Å². The van der Waals surface area contributed by atoms with Gasteiger partial charge < -0.3 is 10.6 Å². The van der Waals surface area contributed by atoms with Crippen LogP contribution >= 0.6 is 0 Å². The fourth-order valence-corrected chi connectivity index (χ4v) is 1.77. The number of nitrogens with one attached hydrogen (secondary N) is 2. The Morgan fingerprint density at radius 2 is 1.90 bits per heavy atom. The molecule has 0 saturated carbocycles. The minimum absolute atomic E-state index is 0.571. The van der Waals surface area contributed by atoms with Crippen LogP contribution in [0.25, 0.3) is 0 Å². The summed E-state index contributed by atoms with van der Waals surface area (Å²) in [7, 11) is 0. The highest BCUT2D eigenvalue weighted by molar-refractivity contribution is 5.45. The maximum absolute atomic E-state index is 8.71. The van der Waals surface area contributed by atoms with Gasteiger partial charge in [-0.1, -0.05) is 19.1 Å². The van der Waals surface area contributed by atoms with Crippen molar-refractivity contribution in [2.24, 2.45) is 0 Å². The molecule has 0 aliphatic rings. The van der Waals surface area contributed by atoms with Crippen molar-refractivity contribution in [3.05, 3.63) is 53.7 Å². The van der Waals surface area contributed by atoms with Gasteiger partial charge in [0.2, 0.25) is 0 Å². The molecule has 102 valence electrons. The van der Waals surface area contributed by atoms with Crippen LogP contribution in [0.1, 0.15) is 24.5 Å². The van der Waals surface area contributed by atoms with Crippen molar-refractivity contribution >= 4 is 11.5 Å². The zero-order valence-electron chi connectivity index (χ0n) is 11.6. The number of hydrogen-bond acceptors (Lipinski definition) is 4. The average molecular weight is 266 g/mol. The Morgan fingerprint density at radius 3 is 2.50 bits per heavy atom. The minimum Gasteiger partial charge on any atom is -0.385 e. The molecule has 0 spiro atoms. The smallest absolute Gasteiger partial charge is 0.126 e. The summed E-state index contributed by atoms with van der Waals surface area (Å²) in [5, 5.41) is 15.3. The van der Waals surface area contributed by atoms with Crippen molar-refractivity contribution in [3.8, 4) is 6.07 Å². The second-order valence-electron chi connectivity index (χ2n) is 4.52. The molecule has 0 amide bonds. The van der Waals surface area contributed by atoms with E-state index < -0.39 is 0 Å². The first-order valence-electron chi connectivity index (χ1n) is 6.74. The summed E-state index contributed by atoms with van der Waals surface area (Å²) < 4.78 is 0. The minimum atomic E-state index is 0.571. The van der Waals surface area contributed by atoms with Crippen LogP contribution in [-0.2, 0) is 6.54 Å². The van der Waals surface area contributed by atoms with Crippen molar-refractivity contribution < 1.29 is 0 Å². The lowest BCUT2D eigenvalue weighted by molar-refractivity contribution is 0.979. The summed E-state index contributed by atoms with van der Waals surface area (Å²) in [4.78, 5) is 4.18. The van der Waals surface area contributed by atoms with Crippen LogP contribution in [0.5, 0.6) is 0 Å². The van der Waals surface area contributed by atoms with Crippen LogP contribution in [0.2, 0.25) is 0 Å². The van der Waals surface area contributed by atoms with Gasteiger partial charge in [-0.2, -0.15) is 5.26 Å². The topological polar surface area (TPSA) is 60.7 Å². The van der Waals surface area contributed by atoms with Crippen LogP contribution in [0, 0.1) is 11.3 Å². The lowest BCUT2D eigenvalue weighted by Crippen LogP contribution is -2.02. The van der Waals surface area contributed by atoms with Crippen LogP contribution in [0.4, 0.5) is 11.5 Å². The number of nitriles is 1. The van der Waals surface area contributed by atoms with E-state index >= 15 is 0 Å². The predicted molar refractivity (Wildman–Crippen MR) is 81.5 cm³/mol. The molecular formula is C16H18N4. The van der Waals surface area contributed by atoms with E-state index in [1.807, 2.05) is 6.07 Å². The monoisotopic (exact) mass is 266 g/mol. The third kappa shape index (κ3) is 3.99. The molecule has 0 aliphatic heterocycles. The number of rotatable bonds is 6.